The molecular weight excluding hydrogens is 422 g/mol. The van der Waals surface area contributed by atoms with E-state index in [-0.39, 0.29) is 35.9 Å². The molecule has 8 heteroatoms. The second-order valence-corrected chi connectivity index (χ2v) is 9.38. The molecule has 0 spiro atoms. The number of amides is 2. The van der Waals surface area contributed by atoms with Crippen molar-refractivity contribution in [2.75, 3.05) is 13.1 Å². The van der Waals surface area contributed by atoms with Crippen LogP contribution in [0, 0.1) is 0 Å². The Balaban J connectivity index is 1.59. The number of benzene rings is 2. The third-order valence-electron chi connectivity index (χ3n) is 5.98. The number of phenolic OH excluding ortho intramolecular Hbond substituents is 2. The van der Waals surface area contributed by atoms with Crippen molar-refractivity contribution < 1.29 is 24.9 Å². The summed E-state index contributed by atoms with van der Waals surface area (Å²) >= 11 is 0. The Bertz CT molecular complexity index is 987. The molecule has 1 saturated heterocycles. The van der Waals surface area contributed by atoms with Crippen molar-refractivity contribution in [3.8, 4) is 11.5 Å². The van der Waals surface area contributed by atoms with Crippen molar-refractivity contribution in [1.29, 1.82) is 0 Å². The lowest BCUT2D eigenvalue weighted by Crippen LogP contribution is -2.44. The minimum atomic E-state index is -0.898. The number of primary amides is 1. The van der Waals surface area contributed by atoms with E-state index in [9.17, 15) is 24.9 Å². The highest BCUT2D eigenvalue weighted by atomic mass is 16.3. The smallest absolute Gasteiger partial charge is 0.240 e. The summed E-state index contributed by atoms with van der Waals surface area (Å²) in [6, 6.07) is 11.3. The first-order valence-corrected chi connectivity index (χ1v) is 11.2. The number of hydrogen-bond donors (Lipinski definition) is 5. The SMILES string of the molecule is CC(C)(Cc1cccc(CC(=O)N2CCC[C@H]2C(N)=O)c1)NCC(O)c1cc(O)cc(O)c1. The number of likely N-dealkylation sites (tertiary alicyclic amines) is 1. The van der Waals surface area contributed by atoms with E-state index in [2.05, 4.69) is 5.32 Å². The molecular formula is C25H33N3O5. The van der Waals surface area contributed by atoms with Gasteiger partial charge in [-0.05, 0) is 61.9 Å². The summed E-state index contributed by atoms with van der Waals surface area (Å²) < 4.78 is 0. The summed E-state index contributed by atoms with van der Waals surface area (Å²) in [5.74, 6) is -0.759. The van der Waals surface area contributed by atoms with Gasteiger partial charge in [0.2, 0.25) is 11.8 Å². The zero-order valence-corrected chi connectivity index (χ0v) is 19.1. The van der Waals surface area contributed by atoms with Crippen molar-refractivity contribution in [1.82, 2.24) is 10.2 Å². The molecule has 0 radical (unpaired) electrons. The lowest BCUT2D eigenvalue weighted by Gasteiger charge is -2.28. The number of aliphatic hydroxyl groups excluding tert-OH is 1. The van der Waals surface area contributed by atoms with Crippen LogP contribution in [0.5, 0.6) is 11.5 Å². The zero-order valence-electron chi connectivity index (χ0n) is 19.1. The van der Waals surface area contributed by atoms with Crippen LogP contribution in [0.4, 0.5) is 0 Å². The fraction of sp³-hybridized carbons (Fsp3) is 0.440. The largest absolute Gasteiger partial charge is 0.508 e. The maximum absolute atomic E-state index is 12.7. The Kier molecular flexibility index (Phi) is 7.61. The number of β-amino-alcohol motifs (C(OH)–C–C–N with tert-alkyl or cyclic N) is 1. The van der Waals surface area contributed by atoms with E-state index >= 15 is 0 Å². The molecule has 2 atom stereocenters. The van der Waals surface area contributed by atoms with E-state index in [0.29, 0.717) is 24.9 Å². The number of phenols is 2. The first-order chi connectivity index (χ1) is 15.5. The lowest BCUT2D eigenvalue weighted by atomic mass is 9.93. The van der Waals surface area contributed by atoms with Crippen LogP contribution in [0.25, 0.3) is 0 Å². The average Bonchev–Trinajstić information content (AvgIpc) is 3.22. The summed E-state index contributed by atoms with van der Waals surface area (Å²) in [4.78, 5) is 25.9. The van der Waals surface area contributed by atoms with Crippen LogP contribution in [-0.4, -0.2) is 56.7 Å². The standard InChI is InChI=1S/C25H33N3O5/c1-25(2,27-15-22(31)18-11-19(29)13-20(30)12-18)14-17-6-3-5-16(9-17)10-23(32)28-8-4-7-21(28)24(26)33/h3,5-6,9,11-13,21-22,27,29-31H,4,7-8,10,14-15H2,1-2H3,(H2,26,33)/t21-,22?/m0/s1. The van der Waals surface area contributed by atoms with Gasteiger partial charge in [-0.1, -0.05) is 24.3 Å². The second-order valence-electron chi connectivity index (χ2n) is 9.38. The summed E-state index contributed by atoms with van der Waals surface area (Å²) in [7, 11) is 0. The van der Waals surface area contributed by atoms with Crippen molar-refractivity contribution in [3.63, 3.8) is 0 Å². The molecule has 0 bridgehead atoms. The molecule has 1 fully saturated rings. The van der Waals surface area contributed by atoms with Crippen LogP contribution < -0.4 is 11.1 Å². The van der Waals surface area contributed by atoms with Gasteiger partial charge in [0, 0.05) is 24.7 Å². The van der Waals surface area contributed by atoms with Gasteiger partial charge >= 0.3 is 0 Å². The van der Waals surface area contributed by atoms with Crippen molar-refractivity contribution in [2.45, 2.75) is 57.2 Å². The van der Waals surface area contributed by atoms with Gasteiger partial charge in [0.25, 0.3) is 0 Å². The molecule has 0 saturated carbocycles. The topological polar surface area (TPSA) is 136 Å². The summed E-state index contributed by atoms with van der Waals surface area (Å²) in [6.45, 7) is 4.82. The molecule has 178 valence electrons. The minimum Gasteiger partial charge on any atom is -0.508 e. The van der Waals surface area contributed by atoms with Gasteiger partial charge in [0.15, 0.2) is 0 Å². The Morgan fingerprint density at radius 1 is 1.15 bits per heavy atom. The fourth-order valence-corrected chi connectivity index (χ4v) is 4.36. The van der Waals surface area contributed by atoms with Crippen molar-refractivity contribution >= 4 is 11.8 Å². The Morgan fingerprint density at radius 3 is 2.48 bits per heavy atom. The third kappa shape index (κ3) is 6.69. The highest BCUT2D eigenvalue weighted by Crippen LogP contribution is 2.25. The molecule has 2 aromatic rings. The van der Waals surface area contributed by atoms with Gasteiger partial charge in [-0.3, -0.25) is 9.59 Å². The molecule has 0 aliphatic carbocycles. The van der Waals surface area contributed by atoms with Crippen LogP contribution in [0.1, 0.15) is 49.5 Å². The molecule has 0 aromatic heterocycles. The monoisotopic (exact) mass is 455 g/mol. The molecule has 3 rings (SSSR count). The molecule has 1 unspecified atom stereocenters. The van der Waals surface area contributed by atoms with Gasteiger partial charge < -0.3 is 31.3 Å². The molecule has 1 aliphatic rings. The number of nitrogens with zero attached hydrogens (tertiary/aromatic N) is 1. The Labute approximate surface area is 194 Å². The van der Waals surface area contributed by atoms with E-state index in [0.717, 1.165) is 17.5 Å². The number of nitrogens with two attached hydrogens (primary N) is 1. The van der Waals surface area contributed by atoms with Crippen LogP contribution in [-0.2, 0) is 22.4 Å². The molecule has 2 aromatic carbocycles. The van der Waals surface area contributed by atoms with Crippen molar-refractivity contribution in [2.24, 2.45) is 5.73 Å². The molecule has 8 nitrogen and oxygen atoms in total. The van der Waals surface area contributed by atoms with Crippen LogP contribution in [0.15, 0.2) is 42.5 Å². The summed E-state index contributed by atoms with van der Waals surface area (Å²) in [5.41, 5.74) is 7.40. The number of carbonyl (C=O) groups excluding carboxylic acids is 2. The maximum Gasteiger partial charge on any atom is 0.240 e. The maximum atomic E-state index is 12.7. The number of nitrogens with one attached hydrogen (secondary N) is 1. The molecule has 2 amide bonds. The summed E-state index contributed by atoms with van der Waals surface area (Å²) in [5, 5.41) is 33.0. The highest BCUT2D eigenvalue weighted by Gasteiger charge is 2.32. The van der Waals surface area contributed by atoms with Gasteiger partial charge in [-0.15, -0.1) is 0 Å². The lowest BCUT2D eigenvalue weighted by molar-refractivity contribution is -0.136. The Hall–Kier alpha value is -3.10. The first-order valence-electron chi connectivity index (χ1n) is 11.2. The van der Waals surface area contributed by atoms with Crippen molar-refractivity contribution in [3.05, 3.63) is 59.2 Å². The minimum absolute atomic E-state index is 0.0941. The normalized spacial score (nSPS) is 17.2. The Morgan fingerprint density at radius 2 is 1.82 bits per heavy atom. The number of rotatable bonds is 9. The van der Waals surface area contributed by atoms with Gasteiger partial charge in [-0.25, -0.2) is 0 Å². The van der Waals surface area contributed by atoms with E-state index < -0.39 is 18.1 Å². The number of hydrogen-bond acceptors (Lipinski definition) is 6. The molecule has 6 N–H and O–H groups in total. The number of carbonyl (C=O) groups is 2. The highest BCUT2D eigenvalue weighted by molar-refractivity contribution is 5.88. The van der Waals surface area contributed by atoms with E-state index in [1.165, 1.54) is 18.2 Å². The quantitative estimate of drug-likeness (QED) is 0.391. The van der Waals surface area contributed by atoms with Crippen LogP contribution in [0.3, 0.4) is 0 Å². The van der Waals surface area contributed by atoms with Gasteiger partial charge in [0.1, 0.15) is 17.5 Å². The first kappa shape index (κ1) is 24.5. The average molecular weight is 456 g/mol. The van der Waals surface area contributed by atoms with E-state index in [1.807, 2.05) is 38.1 Å². The van der Waals surface area contributed by atoms with Gasteiger partial charge in [-0.2, -0.15) is 0 Å². The number of aliphatic hydroxyl groups is 1. The third-order valence-corrected chi connectivity index (χ3v) is 5.98. The predicted octanol–water partition coefficient (Wildman–Crippen LogP) is 1.76. The van der Waals surface area contributed by atoms with Crippen LogP contribution >= 0.6 is 0 Å². The van der Waals surface area contributed by atoms with E-state index in [4.69, 9.17) is 5.73 Å². The van der Waals surface area contributed by atoms with E-state index in [1.54, 1.807) is 4.90 Å². The molecule has 1 heterocycles. The fourth-order valence-electron chi connectivity index (χ4n) is 4.36. The molecule has 33 heavy (non-hydrogen) atoms. The van der Waals surface area contributed by atoms with Crippen LogP contribution in [0.2, 0.25) is 0 Å². The predicted molar refractivity (Wildman–Crippen MR) is 125 cm³/mol. The number of aromatic hydroxyl groups is 2. The molecule has 1 aliphatic heterocycles. The van der Waals surface area contributed by atoms with Gasteiger partial charge in [0.05, 0.1) is 12.5 Å². The second kappa shape index (κ2) is 10.2. The zero-order chi connectivity index (χ0) is 24.2. The summed E-state index contributed by atoms with van der Waals surface area (Å²) in [6.07, 6.45) is 1.37.